The number of carboxylic acid groups (broad SMARTS) is 1. The average molecular weight is 263 g/mol. The van der Waals surface area contributed by atoms with E-state index >= 15 is 0 Å². The Morgan fingerprint density at radius 3 is 2.79 bits per heavy atom. The van der Waals surface area contributed by atoms with Crippen molar-refractivity contribution < 1.29 is 14.3 Å². The van der Waals surface area contributed by atoms with Gasteiger partial charge in [-0.25, -0.2) is 9.78 Å². The number of hydrogen-bond donors (Lipinski definition) is 3. The Morgan fingerprint density at radius 1 is 1.47 bits per heavy atom. The van der Waals surface area contributed by atoms with E-state index in [0.29, 0.717) is 23.2 Å². The zero-order valence-electron chi connectivity index (χ0n) is 10.5. The van der Waals surface area contributed by atoms with Gasteiger partial charge in [0.1, 0.15) is 28.7 Å². The molecular formula is C12H13N3O4. The SMILES string of the molecule is Cc1nc(NCc2cc(C(=O)O)c(C)o2)cc(=O)[nH]1. The number of aromatic amines is 1. The van der Waals surface area contributed by atoms with Crippen LogP contribution in [0, 0.1) is 13.8 Å². The summed E-state index contributed by atoms with van der Waals surface area (Å²) in [5.41, 5.74) is -0.122. The van der Waals surface area contributed by atoms with Gasteiger partial charge in [0.2, 0.25) is 0 Å². The van der Waals surface area contributed by atoms with Crippen LogP contribution in [0.1, 0.15) is 27.7 Å². The van der Waals surface area contributed by atoms with Crippen molar-refractivity contribution in [1.82, 2.24) is 9.97 Å². The van der Waals surface area contributed by atoms with E-state index < -0.39 is 5.97 Å². The molecule has 2 rings (SSSR count). The Labute approximate surface area is 108 Å². The molecule has 0 aliphatic heterocycles. The summed E-state index contributed by atoms with van der Waals surface area (Å²) >= 11 is 0. The van der Waals surface area contributed by atoms with Crippen molar-refractivity contribution >= 4 is 11.8 Å². The van der Waals surface area contributed by atoms with Crippen molar-refractivity contribution in [3.63, 3.8) is 0 Å². The number of anilines is 1. The van der Waals surface area contributed by atoms with Crippen LogP contribution in [0.3, 0.4) is 0 Å². The largest absolute Gasteiger partial charge is 0.478 e. The van der Waals surface area contributed by atoms with Crippen LogP contribution in [0.25, 0.3) is 0 Å². The molecule has 3 N–H and O–H groups in total. The van der Waals surface area contributed by atoms with Crippen molar-refractivity contribution in [2.24, 2.45) is 0 Å². The van der Waals surface area contributed by atoms with E-state index in [4.69, 9.17) is 9.52 Å². The van der Waals surface area contributed by atoms with Crippen LogP contribution >= 0.6 is 0 Å². The van der Waals surface area contributed by atoms with Gasteiger partial charge in [-0.05, 0) is 19.9 Å². The highest BCUT2D eigenvalue weighted by molar-refractivity contribution is 5.88. The minimum Gasteiger partial charge on any atom is -0.478 e. The van der Waals surface area contributed by atoms with E-state index in [9.17, 15) is 9.59 Å². The summed E-state index contributed by atoms with van der Waals surface area (Å²) in [7, 11) is 0. The first-order chi connectivity index (χ1) is 8.95. The topological polar surface area (TPSA) is 108 Å². The molecule has 0 aromatic carbocycles. The van der Waals surface area contributed by atoms with Crippen LogP contribution in [-0.4, -0.2) is 21.0 Å². The maximum Gasteiger partial charge on any atom is 0.339 e. The average Bonchev–Trinajstić information content (AvgIpc) is 2.67. The van der Waals surface area contributed by atoms with E-state index in [-0.39, 0.29) is 17.7 Å². The predicted molar refractivity (Wildman–Crippen MR) is 67.3 cm³/mol. The first kappa shape index (κ1) is 12.9. The Kier molecular flexibility index (Phi) is 3.37. The lowest BCUT2D eigenvalue weighted by atomic mass is 10.2. The van der Waals surface area contributed by atoms with Gasteiger partial charge < -0.3 is 19.8 Å². The Bertz CT molecular complexity index is 672. The number of carboxylic acids is 1. The third-order valence-corrected chi connectivity index (χ3v) is 2.50. The van der Waals surface area contributed by atoms with Crippen LogP contribution in [-0.2, 0) is 6.54 Å². The molecule has 2 aromatic rings. The molecular weight excluding hydrogens is 250 g/mol. The van der Waals surface area contributed by atoms with Crippen molar-refractivity contribution in [3.8, 4) is 0 Å². The number of carbonyl (C=O) groups is 1. The van der Waals surface area contributed by atoms with Crippen LogP contribution in [0.4, 0.5) is 5.82 Å². The molecule has 0 aliphatic carbocycles. The van der Waals surface area contributed by atoms with Gasteiger partial charge in [-0.3, -0.25) is 4.79 Å². The van der Waals surface area contributed by atoms with Crippen LogP contribution in [0.2, 0.25) is 0 Å². The van der Waals surface area contributed by atoms with Crippen molar-refractivity contribution in [2.75, 3.05) is 5.32 Å². The van der Waals surface area contributed by atoms with Crippen LogP contribution in [0.15, 0.2) is 21.3 Å². The summed E-state index contributed by atoms with van der Waals surface area (Å²) in [4.78, 5) is 28.7. The first-order valence-electron chi connectivity index (χ1n) is 5.60. The summed E-state index contributed by atoms with van der Waals surface area (Å²) < 4.78 is 5.30. The van der Waals surface area contributed by atoms with Gasteiger partial charge >= 0.3 is 5.97 Å². The highest BCUT2D eigenvalue weighted by atomic mass is 16.4. The molecule has 0 unspecified atom stereocenters. The van der Waals surface area contributed by atoms with Crippen LogP contribution in [0.5, 0.6) is 0 Å². The van der Waals surface area contributed by atoms with E-state index in [1.54, 1.807) is 13.8 Å². The van der Waals surface area contributed by atoms with Crippen molar-refractivity contribution in [1.29, 1.82) is 0 Å². The van der Waals surface area contributed by atoms with E-state index in [2.05, 4.69) is 15.3 Å². The van der Waals surface area contributed by atoms with Gasteiger partial charge in [0.25, 0.3) is 5.56 Å². The standard InChI is InChI=1S/C12H13N3O4/c1-6-9(12(17)18)3-8(19-6)5-13-10-4-11(16)15-7(2)14-10/h3-4H,5H2,1-2H3,(H,17,18)(H2,13,14,15,16). The van der Waals surface area contributed by atoms with Gasteiger partial charge in [-0.1, -0.05) is 0 Å². The second kappa shape index (κ2) is 4.97. The first-order valence-corrected chi connectivity index (χ1v) is 5.60. The number of aromatic carboxylic acids is 1. The van der Waals surface area contributed by atoms with Crippen molar-refractivity contribution in [2.45, 2.75) is 20.4 Å². The molecule has 0 bridgehead atoms. The number of H-pyrrole nitrogens is 1. The number of furan rings is 1. The van der Waals surface area contributed by atoms with Gasteiger partial charge in [0.15, 0.2) is 0 Å². The van der Waals surface area contributed by atoms with Crippen molar-refractivity contribution in [3.05, 3.63) is 45.4 Å². The second-order valence-corrected chi connectivity index (χ2v) is 4.06. The van der Waals surface area contributed by atoms with Gasteiger partial charge in [-0.2, -0.15) is 0 Å². The molecule has 0 amide bonds. The van der Waals surface area contributed by atoms with Gasteiger partial charge in [-0.15, -0.1) is 0 Å². The number of aryl methyl sites for hydroxylation is 2. The van der Waals surface area contributed by atoms with Crippen LogP contribution < -0.4 is 10.9 Å². The molecule has 2 aromatic heterocycles. The summed E-state index contributed by atoms with van der Waals surface area (Å²) in [6.07, 6.45) is 0. The summed E-state index contributed by atoms with van der Waals surface area (Å²) in [6, 6.07) is 2.77. The Hall–Kier alpha value is -2.57. The minimum atomic E-state index is -1.03. The molecule has 0 saturated carbocycles. The summed E-state index contributed by atoms with van der Waals surface area (Å²) in [5, 5.41) is 11.8. The molecule has 100 valence electrons. The molecule has 0 radical (unpaired) electrons. The molecule has 19 heavy (non-hydrogen) atoms. The smallest absolute Gasteiger partial charge is 0.339 e. The lowest BCUT2D eigenvalue weighted by molar-refractivity contribution is 0.0695. The fourth-order valence-electron chi connectivity index (χ4n) is 1.69. The molecule has 7 heteroatoms. The zero-order valence-corrected chi connectivity index (χ0v) is 10.5. The normalized spacial score (nSPS) is 10.4. The third-order valence-electron chi connectivity index (χ3n) is 2.50. The second-order valence-electron chi connectivity index (χ2n) is 4.06. The summed E-state index contributed by atoms with van der Waals surface area (Å²) in [6.45, 7) is 3.51. The lowest BCUT2D eigenvalue weighted by Gasteiger charge is -2.03. The molecule has 0 aliphatic rings. The van der Waals surface area contributed by atoms with E-state index in [0.717, 1.165) is 0 Å². The number of rotatable bonds is 4. The number of hydrogen-bond acceptors (Lipinski definition) is 5. The lowest BCUT2D eigenvalue weighted by Crippen LogP contribution is -2.11. The monoisotopic (exact) mass is 263 g/mol. The fourth-order valence-corrected chi connectivity index (χ4v) is 1.69. The molecule has 0 atom stereocenters. The third kappa shape index (κ3) is 3.01. The fraction of sp³-hybridized carbons (Fsp3) is 0.250. The Balaban J connectivity index is 2.12. The molecule has 7 nitrogen and oxygen atoms in total. The predicted octanol–water partition coefficient (Wildman–Crippen LogP) is 1.29. The summed E-state index contributed by atoms with van der Waals surface area (Å²) in [5.74, 6) is 0.690. The molecule has 0 spiro atoms. The van der Waals surface area contributed by atoms with E-state index in [1.165, 1.54) is 12.1 Å². The zero-order chi connectivity index (χ0) is 14.0. The Morgan fingerprint density at radius 2 is 2.21 bits per heavy atom. The molecule has 2 heterocycles. The highest BCUT2D eigenvalue weighted by Gasteiger charge is 2.13. The molecule has 0 saturated heterocycles. The van der Waals surface area contributed by atoms with E-state index in [1.807, 2.05) is 0 Å². The maximum absolute atomic E-state index is 11.2. The molecule has 0 fully saturated rings. The quantitative estimate of drug-likeness (QED) is 0.767. The number of nitrogens with zero attached hydrogens (tertiary/aromatic N) is 1. The highest BCUT2D eigenvalue weighted by Crippen LogP contribution is 2.15. The maximum atomic E-state index is 11.2. The minimum absolute atomic E-state index is 0.131. The van der Waals surface area contributed by atoms with Gasteiger partial charge in [0, 0.05) is 6.07 Å². The number of aromatic nitrogens is 2. The number of nitrogens with one attached hydrogen (secondary N) is 2. The van der Waals surface area contributed by atoms with Gasteiger partial charge in [0.05, 0.1) is 6.54 Å².